The van der Waals surface area contributed by atoms with Gasteiger partial charge in [-0.2, -0.15) is 0 Å². The maximum Gasteiger partial charge on any atom is 0.233 e. The number of benzene rings is 1. The fourth-order valence-corrected chi connectivity index (χ4v) is 3.62. The van der Waals surface area contributed by atoms with Crippen LogP contribution in [0.25, 0.3) is 0 Å². The number of amides is 1. The van der Waals surface area contributed by atoms with Crippen molar-refractivity contribution in [1.82, 2.24) is 14.9 Å². The van der Waals surface area contributed by atoms with Crippen molar-refractivity contribution < 1.29 is 9.53 Å². The van der Waals surface area contributed by atoms with Crippen LogP contribution in [-0.2, 0) is 28.7 Å². The van der Waals surface area contributed by atoms with Gasteiger partial charge in [-0.25, -0.2) is 9.97 Å². The van der Waals surface area contributed by atoms with Crippen LogP contribution in [0.3, 0.4) is 0 Å². The standard InChI is InChI=1S/C21H25N3O2/c1-20(2,3)18-22-11-14-12-24(13-17(14)23-18)19(25)21(9-10-21)15-5-7-16(26-4)8-6-15/h5-8,11H,9-10,12-13H2,1-4H3. The van der Waals surface area contributed by atoms with E-state index in [0.29, 0.717) is 13.1 Å². The van der Waals surface area contributed by atoms with Crippen LogP contribution >= 0.6 is 0 Å². The third-order valence-electron chi connectivity index (χ3n) is 5.42. The molecule has 1 aliphatic heterocycles. The first-order chi connectivity index (χ1) is 12.3. The molecule has 1 aromatic heterocycles. The van der Waals surface area contributed by atoms with Crippen LogP contribution in [0.15, 0.2) is 30.5 Å². The summed E-state index contributed by atoms with van der Waals surface area (Å²) in [5.74, 6) is 1.86. The van der Waals surface area contributed by atoms with Gasteiger partial charge in [-0.15, -0.1) is 0 Å². The van der Waals surface area contributed by atoms with Crippen molar-refractivity contribution in [3.8, 4) is 5.75 Å². The number of ether oxygens (including phenoxy) is 1. The second-order valence-corrected chi connectivity index (χ2v) is 8.39. The van der Waals surface area contributed by atoms with Crippen molar-refractivity contribution in [3.63, 3.8) is 0 Å². The molecule has 2 aromatic rings. The van der Waals surface area contributed by atoms with Gasteiger partial charge in [0.2, 0.25) is 5.91 Å². The number of nitrogens with zero attached hydrogens (tertiary/aromatic N) is 3. The van der Waals surface area contributed by atoms with Gasteiger partial charge >= 0.3 is 0 Å². The van der Waals surface area contributed by atoms with Crippen LogP contribution < -0.4 is 4.74 Å². The first-order valence-corrected chi connectivity index (χ1v) is 9.13. The molecule has 0 radical (unpaired) electrons. The van der Waals surface area contributed by atoms with Gasteiger partial charge in [0.1, 0.15) is 11.6 Å². The maximum absolute atomic E-state index is 13.3. The average Bonchev–Trinajstić information content (AvgIpc) is 3.32. The van der Waals surface area contributed by atoms with E-state index >= 15 is 0 Å². The first kappa shape index (κ1) is 17.0. The summed E-state index contributed by atoms with van der Waals surface area (Å²) in [4.78, 5) is 24.5. The Kier molecular flexibility index (Phi) is 3.79. The number of carbonyl (C=O) groups excluding carboxylic acids is 1. The molecule has 0 unspecified atom stereocenters. The predicted octanol–water partition coefficient (Wildman–Crippen LogP) is 3.36. The Balaban J connectivity index is 1.55. The van der Waals surface area contributed by atoms with Crippen molar-refractivity contribution in [3.05, 3.63) is 53.1 Å². The zero-order chi connectivity index (χ0) is 18.5. The second-order valence-electron chi connectivity index (χ2n) is 8.39. The molecule has 1 aromatic carbocycles. The number of rotatable bonds is 3. The smallest absolute Gasteiger partial charge is 0.233 e. The van der Waals surface area contributed by atoms with E-state index in [2.05, 4.69) is 25.8 Å². The molecule has 5 nitrogen and oxygen atoms in total. The van der Waals surface area contributed by atoms with Crippen LogP contribution in [0.4, 0.5) is 0 Å². The molecule has 5 heteroatoms. The lowest BCUT2D eigenvalue weighted by Gasteiger charge is -2.23. The van der Waals surface area contributed by atoms with Crippen molar-refractivity contribution in [2.24, 2.45) is 0 Å². The Labute approximate surface area is 154 Å². The molecule has 26 heavy (non-hydrogen) atoms. The zero-order valence-corrected chi connectivity index (χ0v) is 15.9. The molecule has 0 spiro atoms. The molecule has 0 N–H and O–H groups in total. The highest BCUT2D eigenvalue weighted by molar-refractivity contribution is 5.91. The molecule has 0 atom stereocenters. The van der Waals surface area contributed by atoms with Gasteiger partial charge in [0.15, 0.2) is 0 Å². The topological polar surface area (TPSA) is 55.3 Å². The maximum atomic E-state index is 13.3. The molecule has 0 saturated heterocycles. The first-order valence-electron chi connectivity index (χ1n) is 9.13. The van der Waals surface area contributed by atoms with Crippen LogP contribution in [0, 0.1) is 0 Å². The van der Waals surface area contributed by atoms with Crippen LogP contribution in [-0.4, -0.2) is 27.9 Å². The van der Waals surface area contributed by atoms with E-state index in [1.54, 1.807) is 7.11 Å². The minimum Gasteiger partial charge on any atom is -0.497 e. The molecular weight excluding hydrogens is 326 g/mol. The van der Waals surface area contributed by atoms with E-state index in [9.17, 15) is 4.79 Å². The van der Waals surface area contributed by atoms with Crippen molar-refractivity contribution >= 4 is 5.91 Å². The van der Waals surface area contributed by atoms with Gasteiger partial charge < -0.3 is 9.64 Å². The molecule has 1 saturated carbocycles. The van der Waals surface area contributed by atoms with Gasteiger partial charge in [-0.05, 0) is 30.5 Å². The number of hydrogen-bond donors (Lipinski definition) is 0. The summed E-state index contributed by atoms with van der Waals surface area (Å²) in [5, 5.41) is 0. The Hall–Kier alpha value is -2.43. The number of fused-ring (bicyclic) bond motifs is 1. The lowest BCUT2D eigenvalue weighted by molar-refractivity contribution is -0.134. The Morgan fingerprint density at radius 2 is 1.85 bits per heavy atom. The molecule has 1 aliphatic carbocycles. The van der Waals surface area contributed by atoms with Crippen LogP contribution in [0.5, 0.6) is 5.75 Å². The molecule has 0 bridgehead atoms. The molecule has 1 amide bonds. The number of methoxy groups -OCH3 is 1. The fraction of sp³-hybridized carbons (Fsp3) is 0.476. The number of hydrogen-bond acceptors (Lipinski definition) is 4. The summed E-state index contributed by atoms with van der Waals surface area (Å²) in [6.07, 6.45) is 3.71. The normalized spacial score (nSPS) is 17.8. The van der Waals surface area contributed by atoms with E-state index in [1.165, 1.54) is 0 Å². The molecular formula is C21H25N3O2. The summed E-state index contributed by atoms with van der Waals surface area (Å²) in [7, 11) is 1.65. The molecule has 2 heterocycles. The molecule has 4 rings (SSSR count). The summed E-state index contributed by atoms with van der Waals surface area (Å²) in [6.45, 7) is 7.51. The van der Waals surface area contributed by atoms with E-state index in [-0.39, 0.29) is 16.7 Å². The van der Waals surface area contributed by atoms with Gasteiger partial charge in [0, 0.05) is 23.7 Å². The highest BCUT2D eigenvalue weighted by atomic mass is 16.5. The SMILES string of the molecule is COc1ccc(C2(C(=O)N3Cc4cnc(C(C)(C)C)nc4C3)CC2)cc1. The largest absolute Gasteiger partial charge is 0.497 e. The lowest BCUT2D eigenvalue weighted by Crippen LogP contribution is -2.35. The van der Waals surface area contributed by atoms with E-state index in [0.717, 1.165) is 41.2 Å². The lowest BCUT2D eigenvalue weighted by atomic mass is 9.94. The minimum atomic E-state index is -0.366. The van der Waals surface area contributed by atoms with E-state index in [1.807, 2.05) is 35.4 Å². The van der Waals surface area contributed by atoms with E-state index < -0.39 is 0 Å². The van der Waals surface area contributed by atoms with Crippen molar-refractivity contribution in [2.75, 3.05) is 7.11 Å². The van der Waals surface area contributed by atoms with E-state index in [4.69, 9.17) is 9.72 Å². The molecule has 2 aliphatic rings. The highest BCUT2D eigenvalue weighted by Crippen LogP contribution is 2.50. The number of carbonyl (C=O) groups is 1. The Bertz CT molecular complexity index is 849. The van der Waals surface area contributed by atoms with Crippen molar-refractivity contribution in [1.29, 1.82) is 0 Å². The Morgan fingerprint density at radius 1 is 1.15 bits per heavy atom. The molecule has 1 fully saturated rings. The second kappa shape index (κ2) is 5.79. The summed E-state index contributed by atoms with van der Waals surface area (Å²) < 4.78 is 5.23. The third-order valence-corrected chi connectivity index (χ3v) is 5.42. The van der Waals surface area contributed by atoms with Crippen LogP contribution in [0.1, 0.15) is 56.3 Å². The highest BCUT2D eigenvalue weighted by Gasteiger charge is 2.53. The van der Waals surface area contributed by atoms with Crippen LogP contribution in [0.2, 0.25) is 0 Å². The summed E-state index contributed by atoms with van der Waals surface area (Å²) >= 11 is 0. The van der Waals surface area contributed by atoms with Crippen molar-refractivity contribution in [2.45, 2.75) is 57.5 Å². The number of aromatic nitrogens is 2. The van der Waals surface area contributed by atoms with Gasteiger partial charge in [-0.3, -0.25) is 4.79 Å². The Morgan fingerprint density at radius 3 is 2.42 bits per heavy atom. The minimum absolute atomic E-state index is 0.0900. The molecule has 136 valence electrons. The van der Waals surface area contributed by atoms with Gasteiger partial charge in [0.25, 0.3) is 0 Å². The van der Waals surface area contributed by atoms with Gasteiger partial charge in [-0.1, -0.05) is 32.9 Å². The van der Waals surface area contributed by atoms with Gasteiger partial charge in [0.05, 0.1) is 24.8 Å². The zero-order valence-electron chi connectivity index (χ0n) is 15.9. The third kappa shape index (κ3) is 2.75. The average molecular weight is 351 g/mol. The summed E-state index contributed by atoms with van der Waals surface area (Å²) in [6, 6.07) is 7.90. The summed E-state index contributed by atoms with van der Waals surface area (Å²) in [5.41, 5.74) is 2.68. The fourth-order valence-electron chi connectivity index (χ4n) is 3.62. The monoisotopic (exact) mass is 351 g/mol. The quantitative estimate of drug-likeness (QED) is 0.851. The predicted molar refractivity (Wildman–Crippen MR) is 98.9 cm³/mol.